The fourth-order valence-corrected chi connectivity index (χ4v) is 4.84. The zero-order valence-corrected chi connectivity index (χ0v) is 8.78. The smallest absolute Gasteiger partial charge is 0.0718 e. The summed E-state index contributed by atoms with van der Waals surface area (Å²) < 4.78 is 0. The van der Waals surface area contributed by atoms with Gasteiger partial charge in [-0.3, -0.25) is 0 Å². The van der Waals surface area contributed by atoms with Crippen molar-refractivity contribution in [1.82, 2.24) is 0 Å². The first kappa shape index (κ1) is 9.17. The summed E-state index contributed by atoms with van der Waals surface area (Å²) in [5.41, 5.74) is 5.88. The Bertz CT molecular complexity index is 203. The van der Waals surface area contributed by atoms with Gasteiger partial charge in [-0.15, -0.1) is 0 Å². The van der Waals surface area contributed by atoms with Crippen molar-refractivity contribution in [1.29, 1.82) is 0 Å². The molecule has 1 atom stereocenters. The maximum absolute atomic E-state index is 10.1. The quantitative estimate of drug-likeness (QED) is 0.702. The molecule has 2 nitrogen and oxygen atoms in total. The summed E-state index contributed by atoms with van der Waals surface area (Å²) in [6.45, 7) is 0.464. The molecular weight excluding hydrogens is 174 g/mol. The largest absolute Gasteiger partial charge is 0.391 e. The lowest BCUT2D eigenvalue weighted by atomic mass is 9.48. The lowest BCUT2D eigenvalue weighted by Gasteiger charge is -2.58. The van der Waals surface area contributed by atoms with E-state index in [1.165, 1.54) is 38.5 Å². The third kappa shape index (κ3) is 1.17. The Morgan fingerprint density at radius 3 is 1.86 bits per heavy atom. The van der Waals surface area contributed by atoms with Gasteiger partial charge in [0.25, 0.3) is 0 Å². The molecule has 0 amide bonds. The first-order valence-electron chi connectivity index (χ1n) is 6.10. The van der Waals surface area contributed by atoms with Crippen molar-refractivity contribution in [2.45, 2.75) is 44.6 Å². The summed E-state index contributed by atoms with van der Waals surface area (Å²) in [4.78, 5) is 0. The minimum Gasteiger partial charge on any atom is -0.391 e. The van der Waals surface area contributed by atoms with E-state index >= 15 is 0 Å². The molecular formula is C12H21NO. The summed E-state index contributed by atoms with van der Waals surface area (Å²) >= 11 is 0. The van der Waals surface area contributed by atoms with Crippen molar-refractivity contribution in [3.63, 3.8) is 0 Å². The van der Waals surface area contributed by atoms with Crippen molar-refractivity contribution in [3.05, 3.63) is 0 Å². The summed E-state index contributed by atoms with van der Waals surface area (Å²) in [5.74, 6) is 2.76. The predicted octanol–water partition coefficient (Wildman–Crippen LogP) is 1.52. The maximum atomic E-state index is 10.1. The highest BCUT2D eigenvalue weighted by molar-refractivity contribution is 5.04. The van der Waals surface area contributed by atoms with Crippen LogP contribution in [0.3, 0.4) is 0 Å². The van der Waals surface area contributed by atoms with Crippen LogP contribution in [0, 0.1) is 23.2 Å². The van der Waals surface area contributed by atoms with Gasteiger partial charge in [0.2, 0.25) is 0 Å². The molecule has 4 bridgehead atoms. The van der Waals surface area contributed by atoms with E-state index in [0.717, 1.165) is 17.8 Å². The lowest BCUT2D eigenvalue weighted by Crippen LogP contribution is -2.53. The Kier molecular flexibility index (Phi) is 1.94. The average Bonchev–Trinajstić information content (AvgIpc) is 2.14. The number of hydrogen-bond acceptors (Lipinski definition) is 2. The van der Waals surface area contributed by atoms with Crippen LogP contribution in [0.15, 0.2) is 0 Å². The molecule has 4 aliphatic rings. The van der Waals surface area contributed by atoms with Crippen LogP contribution in [0.1, 0.15) is 38.5 Å². The van der Waals surface area contributed by atoms with Gasteiger partial charge in [-0.25, -0.2) is 0 Å². The number of hydrogen-bond donors (Lipinski definition) is 2. The van der Waals surface area contributed by atoms with Crippen LogP contribution in [0.25, 0.3) is 0 Å². The highest BCUT2D eigenvalue weighted by atomic mass is 16.3. The molecule has 0 spiro atoms. The van der Waals surface area contributed by atoms with E-state index in [9.17, 15) is 5.11 Å². The standard InChI is InChI=1S/C12H21NO/c13-7-11(14)12-4-8-1-9(5-12)3-10(2-8)6-12/h8-11,14H,1-7,13H2/t8?,9?,10?,11-,12?/m0/s1. The molecule has 80 valence electrons. The van der Waals surface area contributed by atoms with E-state index in [0.29, 0.717) is 6.54 Å². The van der Waals surface area contributed by atoms with Gasteiger partial charge in [-0.05, 0) is 61.7 Å². The van der Waals surface area contributed by atoms with E-state index in [-0.39, 0.29) is 11.5 Å². The van der Waals surface area contributed by atoms with Crippen molar-refractivity contribution >= 4 is 0 Å². The second-order valence-corrected chi connectivity index (χ2v) is 6.03. The minimum absolute atomic E-state index is 0.226. The average molecular weight is 195 g/mol. The molecule has 0 aromatic rings. The number of aliphatic hydroxyl groups excluding tert-OH is 1. The Hall–Kier alpha value is -0.0800. The fourth-order valence-electron chi connectivity index (χ4n) is 4.84. The molecule has 2 heteroatoms. The van der Waals surface area contributed by atoms with Gasteiger partial charge >= 0.3 is 0 Å². The highest BCUT2D eigenvalue weighted by Crippen LogP contribution is 2.61. The summed E-state index contributed by atoms with van der Waals surface area (Å²) in [7, 11) is 0. The normalized spacial score (nSPS) is 52.3. The van der Waals surface area contributed by atoms with Crippen LogP contribution >= 0.6 is 0 Å². The zero-order valence-electron chi connectivity index (χ0n) is 8.78. The fraction of sp³-hybridized carbons (Fsp3) is 1.00. The second kappa shape index (κ2) is 2.96. The zero-order chi connectivity index (χ0) is 9.76. The van der Waals surface area contributed by atoms with Crippen molar-refractivity contribution in [2.75, 3.05) is 6.54 Å². The van der Waals surface area contributed by atoms with E-state index in [4.69, 9.17) is 5.73 Å². The molecule has 14 heavy (non-hydrogen) atoms. The number of rotatable bonds is 2. The first-order chi connectivity index (χ1) is 6.72. The molecule has 0 aliphatic heterocycles. The molecule has 0 saturated heterocycles. The first-order valence-corrected chi connectivity index (χ1v) is 6.10. The maximum Gasteiger partial charge on any atom is 0.0718 e. The van der Waals surface area contributed by atoms with Crippen LogP contribution in [-0.2, 0) is 0 Å². The molecule has 0 unspecified atom stereocenters. The van der Waals surface area contributed by atoms with Gasteiger partial charge in [0.15, 0.2) is 0 Å². The van der Waals surface area contributed by atoms with E-state index in [1.54, 1.807) is 0 Å². The number of nitrogens with two attached hydrogens (primary N) is 1. The van der Waals surface area contributed by atoms with Crippen LogP contribution in [0.4, 0.5) is 0 Å². The van der Waals surface area contributed by atoms with Gasteiger partial charge in [-0.1, -0.05) is 0 Å². The second-order valence-electron chi connectivity index (χ2n) is 6.03. The van der Waals surface area contributed by atoms with Gasteiger partial charge in [0.05, 0.1) is 6.10 Å². The monoisotopic (exact) mass is 195 g/mol. The molecule has 4 saturated carbocycles. The van der Waals surface area contributed by atoms with Gasteiger partial charge < -0.3 is 10.8 Å². The Morgan fingerprint density at radius 1 is 1.07 bits per heavy atom. The third-order valence-electron chi connectivity index (χ3n) is 5.02. The van der Waals surface area contributed by atoms with E-state index < -0.39 is 0 Å². The molecule has 0 aromatic heterocycles. The Morgan fingerprint density at radius 2 is 1.50 bits per heavy atom. The van der Waals surface area contributed by atoms with Gasteiger partial charge in [0.1, 0.15) is 0 Å². The van der Waals surface area contributed by atoms with Gasteiger partial charge in [-0.2, -0.15) is 0 Å². The molecule has 3 N–H and O–H groups in total. The van der Waals surface area contributed by atoms with Crippen LogP contribution in [0.5, 0.6) is 0 Å². The van der Waals surface area contributed by atoms with E-state index in [1.807, 2.05) is 0 Å². The summed E-state index contributed by atoms with van der Waals surface area (Å²) in [5, 5.41) is 10.1. The van der Waals surface area contributed by atoms with Crippen LogP contribution in [-0.4, -0.2) is 17.8 Å². The Labute approximate surface area is 85.9 Å². The summed E-state index contributed by atoms with van der Waals surface area (Å²) in [6, 6.07) is 0. The Balaban J connectivity index is 1.87. The molecule has 0 radical (unpaired) electrons. The molecule has 0 aromatic carbocycles. The predicted molar refractivity (Wildman–Crippen MR) is 55.7 cm³/mol. The molecule has 4 aliphatic carbocycles. The SMILES string of the molecule is NC[C@H](O)C12CC3CC(CC(C3)C1)C2. The van der Waals surface area contributed by atoms with E-state index in [2.05, 4.69) is 0 Å². The third-order valence-corrected chi connectivity index (χ3v) is 5.02. The van der Waals surface area contributed by atoms with Crippen LogP contribution < -0.4 is 5.73 Å². The summed E-state index contributed by atoms with van der Waals surface area (Å²) in [6.07, 6.45) is 7.88. The molecule has 0 heterocycles. The minimum atomic E-state index is -0.226. The van der Waals surface area contributed by atoms with Crippen molar-refractivity contribution in [2.24, 2.45) is 28.9 Å². The highest BCUT2D eigenvalue weighted by Gasteiger charge is 2.53. The van der Waals surface area contributed by atoms with Crippen molar-refractivity contribution in [3.8, 4) is 0 Å². The molecule has 4 rings (SSSR count). The topological polar surface area (TPSA) is 46.2 Å². The van der Waals surface area contributed by atoms with Crippen LogP contribution in [0.2, 0.25) is 0 Å². The number of aliphatic hydroxyl groups is 1. The lowest BCUT2D eigenvalue weighted by molar-refractivity contribution is -0.116. The van der Waals surface area contributed by atoms with Crippen molar-refractivity contribution < 1.29 is 5.11 Å². The van der Waals surface area contributed by atoms with Gasteiger partial charge in [0, 0.05) is 6.54 Å². The molecule has 4 fully saturated rings.